The zero-order chi connectivity index (χ0) is 16.2. The molecular formula is C22H19NPb. The Bertz CT molecular complexity index is 788. The molecule has 0 atom stereocenters. The molecular weight excluding hydrogens is 485 g/mol. The molecule has 0 aliphatic heterocycles. The van der Waals surface area contributed by atoms with Gasteiger partial charge in [-0.05, 0) is 0 Å². The van der Waals surface area contributed by atoms with E-state index in [0.29, 0.717) is 0 Å². The van der Waals surface area contributed by atoms with Crippen LogP contribution in [0, 0.1) is 0 Å². The van der Waals surface area contributed by atoms with E-state index in [1.54, 1.807) is 0 Å². The molecule has 0 aliphatic rings. The fourth-order valence-corrected chi connectivity index (χ4v) is 21.2. The summed E-state index contributed by atoms with van der Waals surface area (Å²) in [5.74, 6) is 0. The third kappa shape index (κ3) is 2.53. The topological polar surface area (TPSA) is 4.93 Å². The van der Waals surface area contributed by atoms with Crippen molar-refractivity contribution in [3.63, 3.8) is 0 Å². The molecule has 4 aromatic rings. The number of rotatable bonds is 4. The van der Waals surface area contributed by atoms with Crippen LogP contribution in [0.3, 0.4) is 0 Å². The zero-order valence-electron chi connectivity index (χ0n) is 13.4. The van der Waals surface area contributed by atoms with Crippen molar-refractivity contribution in [3.8, 4) is 0 Å². The first-order chi connectivity index (χ1) is 11.9. The maximum absolute atomic E-state index is 3.50. The standard InChI is InChI=1S/3C6H5.C4H4N.Pb/c3*1-2-4-6-5-3-1;1-2-4-5-3-1;/h3*1-5H;1-4H;/q;;;-1;+1. The number of nitrogens with zero attached hydrogens (tertiary/aromatic N) is 1. The summed E-state index contributed by atoms with van der Waals surface area (Å²) >= 11 is -3.50. The summed E-state index contributed by atoms with van der Waals surface area (Å²) in [7, 11) is 0. The molecule has 1 nitrogen and oxygen atoms in total. The van der Waals surface area contributed by atoms with Crippen LogP contribution in [0.15, 0.2) is 116 Å². The van der Waals surface area contributed by atoms with Crippen molar-refractivity contribution >= 4 is 30.8 Å². The maximum atomic E-state index is 2.52. The van der Waals surface area contributed by atoms with Gasteiger partial charge in [0.25, 0.3) is 0 Å². The number of hydrogen-bond donors (Lipinski definition) is 0. The van der Waals surface area contributed by atoms with Crippen LogP contribution < -0.4 is 9.37 Å². The van der Waals surface area contributed by atoms with Crippen molar-refractivity contribution in [2.24, 2.45) is 0 Å². The molecule has 1 aromatic heterocycles. The quantitative estimate of drug-likeness (QED) is 0.377. The summed E-state index contributed by atoms with van der Waals surface area (Å²) < 4.78 is 6.93. The summed E-state index contributed by atoms with van der Waals surface area (Å²) in [6.07, 6.45) is 4.49. The van der Waals surface area contributed by atoms with Crippen LogP contribution in [-0.2, 0) is 0 Å². The van der Waals surface area contributed by atoms with E-state index in [0.717, 1.165) is 0 Å². The fourth-order valence-electron chi connectivity index (χ4n) is 3.54. The Kier molecular flexibility index (Phi) is 4.34. The molecule has 24 heavy (non-hydrogen) atoms. The van der Waals surface area contributed by atoms with Gasteiger partial charge >= 0.3 is 149 Å². The molecule has 0 saturated carbocycles. The van der Waals surface area contributed by atoms with Crippen LogP contribution in [0.2, 0.25) is 0 Å². The molecule has 0 amide bonds. The van der Waals surface area contributed by atoms with Crippen molar-refractivity contribution in [1.82, 2.24) is 2.38 Å². The van der Waals surface area contributed by atoms with Gasteiger partial charge in [0.05, 0.1) is 0 Å². The van der Waals surface area contributed by atoms with Crippen LogP contribution in [0.5, 0.6) is 0 Å². The first-order valence-corrected chi connectivity index (χ1v) is 15.8. The van der Waals surface area contributed by atoms with E-state index in [-0.39, 0.29) is 0 Å². The number of hydrogen-bond acceptors (Lipinski definition) is 0. The van der Waals surface area contributed by atoms with E-state index >= 15 is 0 Å². The van der Waals surface area contributed by atoms with E-state index in [4.69, 9.17) is 0 Å². The van der Waals surface area contributed by atoms with Crippen molar-refractivity contribution in [2.45, 2.75) is 0 Å². The van der Waals surface area contributed by atoms with Gasteiger partial charge in [-0.1, -0.05) is 0 Å². The Morgan fingerprint density at radius 2 is 0.750 bits per heavy atom. The van der Waals surface area contributed by atoms with Gasteiger partial charge < -0.3 is 0 Å². The van der Waals surface area contributed by atoms with E-state index in [9.17, 15) is 0 Å². The van der Waals surface area contributed by atoms with Gasteiger partial charge in [0, 0.05) is 0 Å². The third-order valence-corrected chi connectivity index (χ3v) is 22.4. The second kappa shape index (κ2) is 6.77. The van der Waals surface area contributed by atoms with Gasteiger partial charge in [-0.25, -0.2) is 0 Å². The SMILES string of the molecule is c1cc[c]([Pb]([c]2ccccc2)([c]2ccccc2)[n]2cccc2)cc1. The first-order valence-electron chi connectivity index (χ1n) is 8.22. The van der Waals surface area contributed by atoms with Crippen LogP contribution in [0.25, 0.3) is 0 Å². The van der Waals surface area contributed by atoms with Gasteiger partial charge in [0.2, 0.25) is 0 Å². The molecule has 0 unspecified atom stereocenters. The molecule has 3 aromatic carbocycles. The minimum atomic E-state index is -3.50. The molecule has 0 N–H and O–H groups in total. The van der Waals surface area contributed by atoms with Gasteiger partial charge in [-0.2, -0.15) is 0 Å². The minimum absolute atomic E-state index is 1.47. The zero-order valence-corrected chi connectivity index (χ0v) is 17.3. The summed E-state index contributed by atoms with van der Waals surface area (Å²) in [6, 6.07) is 37.4. The molecule has 0 aliphatic carbocycles. The second-order valence-corrected chi connectivity index (χ2v) is 20.2. The molecule has 0 spiro atoms. The molecule has 116 valence electrons. The Morgan fingerprint density at radius 1 is 0.417 bits per heavy atom. The first kappa shape index (κ1) is 15.4. The van der Waals surface area contributed by atoms with Crippen molar-refractivity contribution in [3.05, 3.63) is 116 Å². The summed E-state index contributed by atoms with van der Waals surface area (Å²) in [5, 5.41) is 0. The van der Waals surface area contributed by atoms with Crippen LogP contribution in [0.4, 0.5) is 0 Å². The average Bonchev–Trinajstić information content (AvgIpc) is 3.20. The molecule has 0 fully saturated rings. The number of benzene rings is 3. The Labute approximate surface area is 148 Å². The van der Waals surface area contributed by atoms with Crippen molar-refractivity contribution < 1.29 is 0 Å². The van der Waals surface area contributed by atoms with E-state index < -0.39 is 21.5 Å². The summed E-state index contributed by atoms with van der Waals surface area (Å²) in [5.41, 5.74) is 0. The molecule has 0 saturated heterocycles. The van der Waals surface area contributed by atoms with E-state index in [2.05, 4.69) is 118 Å². The number of aromatic nitrogens is 1. The Balaban J connectivity index is 2.12. The predicted molar refractivity (Wildman–Crippen MR) is 104 cm³/mol. The molecule has 2 heteroatoms. The Hall–Kier alpha value is -2.14. The fraction of sp³-hybridized carbons (Fsp3) is 0. The normalized spacial score (nSPS) is 11.3. The molecule has 0 radical (unpaired) electrons. The van der Waals surface area contributed by atoms with Gasteiger partial charge in [-0.3, -0.25) is 0 Å². The van der Waals surface area contributed by atoms with Gasteiger partial charge in [0.15, 0.2) is 0 Å². The molecule has 1 heterocycles. The molecule has 0 bridgehead atoms. The second-order valence-electron chi connectivity index (χ2n) is 5.90. The van der Waals surface area contributed by atoms with Crippen LogP contribution in [0.1, 0.15) is 0 Å². The Morgan fingerprint density at radius 3 is 1.08 bits per heavy atom. The van der Waals surface area contributed by atoms with Gasteiger partial charge in [-0.15, -0.1) is 0 Å². The molecule has 4 rings (SSSR count). The van der Waals surface area contributed by atoms with Crippen LogP contribution >= 0.6 is 0 Å². The monoisotopic (exact) mass is 505 g/mol. The predicted octanol–water partition coefficient (Wildman–Crippen LogP) is 3.00. The summed E-state index contributed by atoms with van der Waals surface area (Å²) in [4.78, 5) is 0. The third-order valence-electron chi connectivity index (χ3n) is 4.57. The van der Waals surface area contributed by atoms with E-state index in [1.807, 2.05) is 0 Å². The van der Waals surface area contributed by atoms with Crippen LogP contribution in [-0.4, -0.2) is 23.8 Å². The van der Waals surface area contributed by atoms with Crippen molar-refractivity contribution in [1.29, 1.82) is 0 Å². The summed E-state index contributed by atoms with van der Waals surface area (Å²) in [6.45, 7) is 0. The average molecular weight is 505 g/mol. The van der Waals surface area contributed by atoms with Gasteiger partial charge in [0.1, 0.15) is 0 Å². The van der Waals surface area contributed by atoms with E-state index in [1.165, 1.54) is 9.37 Å². The van der Waals surface area contributed by atoms with Crippen molar-refractivity contribution in [2.75, 3.05) is 0 Å².